The molecule has 6 heteroatoms. The standard InChI is InChI=1S/C16H19BrN2O2S/c1-10(11-4-3-5-12(17)8-11)18-15(21)13-9-22-16(2)7-6-14(20)19(13)16/h3-5,8,10,13H,6-7,9H2,1-2H3,(H,18,21). The molecule has 2 aliphatic heterocycles. The highest BCUT2D eigenvalue weighted by atomic mass is 79.9. The summed E-state index contributed by atoms with van der Waals surface area (Å²) >= 11 is 5.16. The van der Waals surface area contributed by atoms with Crippen molar-refractivity contribution in [2.45, 2.75) is 43.6 Å². The van der Waals surface area contributed by atoms with Crippen molar-refractivity contribution in [1.29, 1.82) is 0 Å². The Morgan fingerprint density at radius 2 is 2.32 bits per heavy atom. The second-order valence-electron chi connectivity index (χ2n) is 6.05. The van der Waals surface area contributed by atoms with Gasteiger partial charge >= 0.3 is 0 Å². The third-order valence-corrected chi connectivity index (χ3v) is 6.45. The molecule has 22 heavy (non-hydrogen) atoms. The van der Waals surface area contributed by atoms with Crippen LogP contribution in [0, 0.1) is 0 Å². The first-order valence-electron chi connectivity index (χ1n) is 7.43. The van der Waals surface area contributed by atoms with Crippen LogP contribution in [-0.4, -0.2) is 33.4 Å². The average Bonchev–Trinajstić information content (AvgIpc) is 2.96. The van der Waals surface area contributed by atoms with E-state index in [9.17, 15) is 9.59 Å². The van der Waals surface area contributed by atoms with Crippen LogP contribution in [0.3, 0.4) is 0 Å². The quantitative estimate of drug-likeness (QED) is 0.873. The number of nitrogens with one attached hydrogen (secondary N) is 1. The molecular weight excluding hydrogens is 364 g/mol. The fourth-order valence-corrected chi connectivity index (χ4v) is 5.03. The first kappa shape index (κ1) is 15.9. The van der Waals surface area contributed by atoms with Crippen molar-refractivity contribution < 1.29 is 9.59 Å². The van der Waals surface area contributed by atoms with E-state index < -0.39 is 0 Å². The zero-order chi connectivity index (χ0) is 15.9. The third-order valence-electron chi connectivity index (χ3n) is 4.45. The zero-order valence-electron chi connectivity index (χ0n) is 12.6. The predicted molar refractivity (Wildman–Crippen MR) is 91.4 cm³/mol. The summed E-state index contributed by atoms with van der Waals surface area (Å²) in [4.78, 5) is 26.3. The van der Waals surface area contributed by atoms with Crippen molar-refractivity contribution in [2.24, 2.45) is 0 Å². The van der Waals surface area contributed by atoms with E-state index in [0.29, 0.717) is 12.2 Å². The summed E-state index contributed by atoms with van der Waals surface area (Å²) in [5, 5.41) is 3.05. The topological polar surface area (TPSA) is 49.4 Å². The average molecular weight is 383 g/mol. The van der Waals surface area contributed by atoms with E-state index in [0.717, 1.165) is 16.5 Å². The van der Waals surface area contributed by atoms with Crippen LogP contribution < -0.4 is 5.32 Å². The van der Waals surface area contributed by atoms with Crippen LogP contribution in [-0.2, 0) is 9.59 Å². The number of amides is 2. The van der Waals surface area contributed by atoms with Crippen LogP contribution in [0.1, 0.15) is 38.3 Å². The molecule has 1 N–H and O–H groups in total. The minimum atomic E-state index is -0.348. The molecule has 3 unspecified atom stereocenters. The number of thioether (sulfide) groups is 1. The summed E-state index contributed by atoms with van der Waals surface area (Å²) < 4.78 is 0.991. The van der Waals surface area contributed by atoms with Crippen molar-refractivity contribution in [3.05, 3.63) is 34.3 Å². The highest BCUT2D eigenvalue weighted by Gasteiger charge is 2.52. The van der Waals surface area contributed by atoms with Crippen molar-refractivity contribution >= 4 is 39.5 Å². The van der Waals surface area contributed by atoms with Gasteiger partial charge in [0.05, 0.1) is 10.9 Å². The molecule has 3 rings (SSSR count). The Labute approximate surface area is 143 Å². The van der Waals surface area contributed by atoms with E-state index in [2.05, 4.69) is 28.2 Å². The highest BCUT2D eigenvalue weighted by molar-refractivity contribution is 9.10. The third kappa shape index (κ3) is 2.78. The largest absolute Gasteiger partial charge is 0.348 e. The van der Waals surface area contributed by atoms with E-state index in [-0.39, 0.29) is 28.8 Å². The van der Waals surface area contributed by atoms with Crippen molar-refractivity contribution in [3.8, 4) is 0 Å². The first-order valence-corrected chi connectivity index (χ1v) is 9.20. The maximum absolute atomic E-state index is 12.6. The van der Waals surface area contributed by atoms with Gasteiger partial charge in [-0.2, -0.15) is 0 Å². The SMILES string of the molecule is CC(NC(=O)C1CSC2(C)CCC(=O)N12)c1cccc(Br)c1. The lowest BCUT2D eigenvalue weighted by atomic mass is 10.1. The molecule has 0 bridgehead atoms. The molecule has 0 spiro atoms. The number of nitrogens with zero attached hydrogens (tertiary/aromatic N) is 1. The Morgan fingerprint density at radius 1 is 1.55 bits per heavy atom. The molecule has 4 nitrogen and oxygen atoms in total. The summed E-state index contributed by atoms with van der Waals surface area (Å²) in [6.07, 6.45) is 1.38. The van der Waals surface area contributed by atoms with E-state index in [1.807, 2.05) is 31.2 Å². The molecule has 0 radical (unpaired) electrons. The molecule has 0 saturated carbocycles. The van der Waals surface area contributed by atoms with Gasteiger partial charge in [0, 0.05) is 16.6 Å². The number of hydrogen-bond acceptors (Lipinski definition) is 3. The van der Waals surface area contributed by atoms with Gasteiger partial charge in [-0.1, -0.05) is 28.1 Å². The minimum Gasteiger partial charge on any atom is -0.348 e. The molecule has 2 saturated heterocycles. The van der Waals surface area contributed by atoms with Gasteiger partial charge in [0.1, 0.15) is 6.04 Å². The normalized spacial score (nSPS) is 28.6. The summed E-state index contributed by atoms with van der Waals surface area (Å²) in [6, 6.07) is 7.47. The smallest absolute Gasteiger partial charge is 0.244 e. The minimum absolute atomic E-state index is 0.0565. The highest BCUT2D eigenvalue weighted by Crippen LogP contribution is 2.47. The number of fused-ring (bicyclic) bond motifs is 1. The molecular formula is C16H19BrN2O2S. The Kier molecular flexibility index (Phi) is 4.25. The van der Waals surface area contributed by atoms with Crippen LogP contribution in [0.5, 0.6) is 0 Å². The molecule has 2 aliphatic rings. The molecule has 2 amide bonds. The summed E-state index contributed by atoms with van der Waals surface area (Å²) in [5.41, 5.74) is 1.05. The molecule has 118 valence electrons. The molecule has 0 aromatic heterocycles. The maximum Gasteiger partial charge on any atom is 0.244 e. The number of carbonyl (C=O) groups is 2. The van der Waals surface area contributed by atoms with E-state index in [4.69, 9.17) is 0 Å². The fourth-order valence-electron chi connectivity index (χ4n) is 3.18. The van der Waals surface area contributed by atoms with Gasteiger partial charge in [-0.3, -0.25) is 9.59 Å². The van der Waals surface area contributed by atoms with Crippen LogP contribution in [0.4, 0.5) is 0 Å². The molecule has 2 heterocycles. The number of benzene rings is 1. The number of halogens is 1. The Morgan fingerprint density at radius 3 is 3.05 bits per heavy atom. The van der Waals surface area contributed by atoms with Crippen molar-refractivity contribution in [1.82, 2.24) is 10.2 Å². The van der Waals surface area contributed by atoms with Crippen LogP contribution in [0.25, 0.3) is 0 Å². The van der Waals surface area contributed by atoms with Crippen molar-refractivity contribution in [3.63, 3.8) is 0 Å². The first-order chi connectivity index (χ1) is 10.4. The van der Waals surface area contributed by atoms with E-state index in [1.54, 1.807) is 16.7 Å². The predicted octanol–water partition coefficient (Wildman–Crippen LogP) is 3.08. The van der Waals surface area contributed by atoms with Gasteiger partial charge in [0.25, 0.3) is 0 Å². The van der Waals surface area contributed by atoms with Gasteiger partial charge in [0.15, 0.2) is 0 Å². The Hall–Kier alpha value is -1.01. The van der Waals surface area contributed by atoms with Gasteiger partial charge in [-0.05, 0) is 38.0 Å². The number of hydrogen-bond donors (Lipinski definition) is 1. The number of rotatable bonds is 3. The Balaban J connectivity index is 1.71. The van der Waals surface area contributed by atoms with E-state index in [1.165, 1.54) is 0 Å². The van der Waals surface area contributed by atoms with Gasteiger partial charge in [-0.25, -0.2) is 0 Å². The molecule has 0 aliphatic carbocycles. The van der Waals surface area contributed by atoms with Gasteiger partial charge < -0.3 is 10.2 Å². The Bertz CT molecular complexity index is 624. The summed E-state index contributed by atoms with van der Waals surface area (Å²) in [7, 11) is 0. The lowest BCUT2D eigenvalue weighted by molar-refractivity contribution is -0.138. The van der Waals surface area contributed by atoms with E-state index >= 15 is 0 Å². The molecule has 1 aromatic carbocycles. The van der Waals surface area contributed by atoms with Gasteiger partial charge in [-0.15, -0.1) is 11.8 Å². The monoisotopic (exact) mass is 382 g/mol. The van der Waals surface area contributed by atoms with Crippen LogP contribution in [0.2, 0.25) is 0 Å². The molecule has 1 aromatic rings. The maximum atomic E-state index is 12.6. The second-order valence-corrected chi connectivity index (χ2v) is 8.47. The fraction of sp³-hybridized carbons (Fsp3) is 0.500. The van der Waals surface area contributed by atoms with Gasteiger partial charge in [0.2, 0.25) is 11.8 Å². The van der Waals surface area contributed by atoms with Crippen LogP contribution in [0.15, 0.2) is 28.7 Å². The molecule has 3 atom stereocenters. The lowest BCUT2D eigenvalue weighted by Crippen LogP contribution is -2.50. The summed E-state index contributed by atoms with van der Waals surface area (Å²) in [6.45, 7) is 4.03. The molecule has 2 fully saturated rings. The number of carbonyl (C=O) groups excluding carboxylic acids is 2. The summed E-state index contributed by atoms with van der Waals surface area (Å²) in [5.74, 6) is 0.723. The second kappa shape index (κ2) is 5.89. The van der Waals surface area contributed by atoms with Crippen molar-refractivity contribution in [2.75, 3.05) is 5.75 Å². The zero-order valence-corrected chi connectivity index (χ0v) is 15.0. The van der Waals surface area contributed by atoms with Crippen LogP contribution >= 0.6 is 27.7 Å². The lowest BCUT2D eigenvalue weighted by Gasteiger charge is -2.30.